The van der Waals surface area contributed by atoms with Gasteiger partial charge in [0.15, 0.2) is 0 Å². The molecule has 6 heteroatoms. The fraction of sp³-hybridized carbons (Fsp3) is 1.00. The van der Waals surface area contributed by atoms with Crippen LogP contribution in [0.4, 0.5) is 0 Å². The number of aliphatic hydroxyl groups is 1. The Kier molecular flexibility index (Phi) is 3.76. The zero-order valence-electron chi connectivity index (χ0n) is 9.52. The highest BCUT2D eigenvalue weighted by molar-refractivity contribution is 7.87. The maximum atomic E-state index is 11.7. The summed E-state index contributed by atoms with van der Waals surface area (Å²) in [4.78, 5) is 0. The van der Waals surface area contributed by atoms with Crippen LogP contribution in [0.2, 0.25) is 0 Å². The van der Waals surface area contributed by atoms with Gasteiger partial charge >= 0.3 is 0 Å². The van der Waals surface area contributed by atoms with Gasteiger partial charge in [-0.05, 0) is 33.1 Å². The van der Waals surface area contributed by atoms with Crippen LogP contribution < -0.4 is 4.72 Å². The molecule has 0 radical (unpaired) electrons. The fourth-order valence-electron chi connectivity index (χ4n) is 1.37. The van der Waals surface area contributed by atoms with E-state index >= 15 is 0 Å². The molecule has 0 saturated heterocycles. The summed E-state index contributed by atoms with van der Waals surface area (Å²) in [5.41, 5.74) is -0.815. The van der Waals surface area contributed by atoms with E-state index in [1.807, 2.05) is 0 Å². The largest absolute Gasteiger partial charge is 0.389 e. The molecule has 1 aliphatic rings. The third kappa shape index (κ3) is 3.14. The van der Waals surface area contributed by atoms with E-state index in [1.54, 1.807) is 13.8 Å². The minimum absolute atomic E-state index is 0.0847. The van der Waals surface area contributed by atoms with Gasteiger partial charge in [-0.15, -0.1) is 0 Å². The lowest BCUT2D eigenvalue weighted by Crippen LogP contribution is -2.51. The molecule has 0 bridgehead atoms. The molecule has 0 aromatic carbocycles. The summed E-state index contributed by atoms with van der Waals surface area (Å²) in [6.07, 6.45) is 2.33. The Balaban J connectivity index is 2.49. The van der Waals surface area contributed by atoms with Gasteiger partial charge in [-0.25, -0.2) is 0 Å². The molecule has 0 aliphatic heterocycles. The minimum Gasteiger partial charge on any atom is -0.389 e. The number of rotatable bonds is 5. The fourth-order valence-corrected chi connectivity index (χ4v) is 2.58. The van der Waals surface area contributed by atoms with Crippen molar-refractivity contribution in [1.82, 2.24) is 9.03 Å². The van der Waals surface area contributed by atoms with Gasteiger partial charge in [-0.3, -0.25) is 0 Å². The highest BCUT2D eigenvalue weighted by Crippen LogP contribution is 2.30. The lowest BCUT2D eigenvalue weighted by atomic mass is 9.81. The van der Waals surface area contributed by atoms with Crippen molar-refractivity contribution < 1.29 is 13.5 Å². The third-order valence-corrected chi connectivity index (χ3v) is 4.66. The third-order valence-electron chi connectivity index (χ3n) is 2.97. The molecule has 0 heterocycles. The van der Waals surface area contributed by atoms with E-state index in [1.165, 1.54) is 11.4 Å². The van der Waals surface area contributed by atoms with E-state index in [0.29, 0.717) is 12.8 Å². The normalized spacial score (nSPS) is 20.7. The van der Waals surface area contributed by atoms with E-state index < -0.39 is 15.8 Å². The van der Waals surface area contributed by atoms with Crippen molar-refractivity contribution in [2.24, 2.45) is 0 Å². The topological polar surface area (TPSA) is 69.6 Å². The van der Waals surface area contributed by atoms with Crippen LogP contribution in [0, 0.1) is 0 Å². The Morgan fingerprint density at radius 1 is 1.47 bits per heavy atom. The Bertz CT molecular complexity index is 309. The molecular weight excluding hydrogens is 216 g/mol. The first-order valence-electron chi connectivity index (χ1n) is 5.22. The molecule has 0 amide bonds. The van der Waals surface area contributed by atoms with Crippen molar-refractivity contribution in [2.75, 3.05) is 13.6 Å². The zero-order chi connectivity index (χ0) is 11.7. The standard InChI is InChI=1S/C9H20N2O3S/c1-8(2)11(3)15(13,14)10-7-9(12)5-4-6-9/h8,10,12H,4-7H2,1-3H3. The summed E-state index contributed by atoms with van der Waals surface area (Å²) in [5, 5.41) is 9.75. The molecular formula is C9H20N2O3S. The number of nitrogens with zero attached hydrogens (tertiary/aromatic N) is 1. The summed E-state index contributed by atoms with van der Waals surface area (Å²) in [7, 11) is -1.92. The number of nitrogens with one attached hydrogen (secondary N) is 1. The maximum absolute atomic E-state index is 11.7. The Morgan fingerprint density at radius 3 is 2.33 bits per heavy atom. The van der Waals surface area contributed by atoms with Crippen LogP contribution in [0.25, 0.3) is 0 Å². The smallest absolute Gasteiger partial charge is 0.279 e. The van der Waals surface area contributed by atoms with Crippen LogP contribution in [-0.2, 0) is 10.2 Å². The van der Waals surface area contributed by atoms with Gasteiger partial charge in [0.05, 0.1) is 5.60 Å². The second kappa shape index (κ2) is 4.37. The van der Waals surface area contributed by atoms with Crippen LogP contribution >= 0.6 is 0 Å². The zero-order valence-corrected chi connectivity index (χ0v) is 10.3. The molecule has 0 unspecified atom stereocenters. The molecule has 1 rings (SSSR count). The first-order valence-corrected chi connectivity index (χ1v) is 6.66. The molecule has 5 nitrogen and oxygen atoms in total. The van der Waals surface area contributed by atoms with E-state index in [0.717, 1.165) is 6.42 Å². The highest BCUT2D eigenvalue weighted by atomic mass is 32.2. The average Bonchev–Trinajstić information content (AvgIpc) is 2.10. The number of hydrogen-bond donors (Lipinski definition) is 2. The van der Waals surface area contributed by atoms with E-state index in [9.17, 15) is 13.5 Å². The maximum Gasteiger partial charge on any atom is 0.279 e. The molecule has 1 saturated carbocycles. The second-order valence-electron chi connectivity index (χ2n) is 4.51. The van der Waals surface area contributed by atoms with Crippen LogP contribution in [0.5, 0.6) is 0 Å². The van der Waals surface area contributed by atoms with Crippen LogP contribution in [0.1, 0.15) is 33.1 Å². The quantitative estimate of drug-likeness (QED) is 0.710. The van der Waals surface area contributed by atoms with Gasteiger partial charge in [0.25, 0.3) is 10.2 Å². The molecule has 1 fully saturated rings. The summed E-state index contributed by atoms with van der Waals surface area (Å²) in [6, 6.07) is -0.0847. The van der Waals surface area contributed by atoms with Gasteiger partial charge in [-0.2, -0.15) is 17.4 Å². The predicted molar refractivity (Wildman–Crippen MR) is 58.6 cm³/mol. The molecule has 0 atom stereocenters. The molecule has 2 N–H and O–H groups in total. The van der Waals surface area contributed by atoms with E-state index in [-0.39, 0.29) is 12.6 Å². The first-order chi connectivity index (χ1) is 6.77. The molecule has 1 aliphatic carbocycles. The molecule has 90 valence electrons. The van der Waals surface area contributed by atoms with E-state index in [4.69, 9.17) is 0 Å². The Labute approximate surface area is 91.7 Å². The highest BCUT2D eigenvalue weighted by Gasteiger charge is 2.36. The lowest BCUT2D eigenvalue weighted by molar-refractivity contribution is -0.0273. The first kappa shape index (κ1) is 12.9. The van der Waals surface area contributed by atoms with Crippen molar-refractivity contribution >= 4 is 10.2 Å². The molecule has 0 aromatic rings. The lowest BCUT2D eigenvalue weighted by Gasteiger charge is -2.37. The minimum atomic E-state index is -3.45. The summed E-state index contributed by atoms with van der Waals surface area (Å²) >= 11 is 0. The summed E-state index contributed by atoms with van der Waals surface area (Å²) < 4.78 is 27.0. The average molecular weight is 236 g/mol. The number of hydrogen-bond acceptors (Lipinski definition) is 3. The van der Waals surface area contributed by atoms with E-state index in [2.05, 4.69) is 4.72 Å². The Hall–Kier alpha value is -0.170. The summed E-state index contributed by atoms with van der Waals surface area (Å²) in [5.74, 6) is 0. The molecule has 0 spiro atoms. The van der Waals surface area contributed by atoms with Gasteiger partial charge in [0.1, 0.15) is 0 Å². The van der Waals surface area contributed by atoms with Crippen molar-refractivity contribution in [3.05, 3.63) is 0 Å². The van der Waals surface area contributed by atoms with Gasteiger partial charge in [-0.1, -0.05) is 0 Å². The van der Waals surface area contributed by atoms with Crippen molar-refractivity contribution in [3.63, 3.8) is 0 Å². The predicted octanol–water partition coefficient (Wildman–Crippen LogP) is 0.0760. The SMILES string of the molecule is CC(C)N(C)S(=O)(=O)NCC1(O)CCC1. The molecule has 0 aromatic heterocycles. The van der Waals surface area contributed by atoms with Crippen molar-refractivity contribution in [2.45, 2.75) is 44.8 Å². The van der Waals surface area contributed by atoms with Crippen molar-refractivity contribution in [1.29, 1.82) is 0 Å². The second-order valence-corrected chi connectivity index (χ2v) is 6.33. The van der Waals surface area contributed by atoms with Crippen LogP contribution in [0.3, 0.4) is 0 Å². The van der Waals surface area contributed by atoms with Crippen LogP contribution in [0.15, 0.2) is 0 Å². The molecule has 15 heavy (non-hydrogen) atoms. The van der Waals surface area contributed by atoms with Gasteiger partial charge in [0.2, 0.25) is 0 Å². The Morgan fingerprint density at radius 2 is 2.00 bits per heavy atom. The monoisotopic (exact) mass is 236 g/mol. The van der Waals surface area contributed by atoms with Crippen molar-refractivity contribution in [3.8, 4) is 0 Å². The summed E-state index contributed by atoms with van der Waals surface area (Å²) in [6.45, 7) is 3.72. The van der Waals surface area contributed by atoms with Crippen LogP contribution in [-0.4, -0.2) is 43.1 Å². The van der Waals surface area contributed by atoms with Gasteiger partial charge < -0.3 is 5.11 Å². The van der Waals surface area contributed by atoms with Gasteiger partial charge in [0, 0.05) is 19.6 Å².